The lowest BCUT2D eigenvalue weighted by molar-refractivity contribution is -0.146. The summed E-state index contributed by atoms with van der Waals surface area (Å²) in [6.07, 6.45) is 12.2. The Bertz CT molecular complexity index is 1370. The second kappa shape index (κ2) is 17.4. The maximum absolute atomic E-state index is 14.6. The van der Waals surface area contributed by atoms with Crippen LogP contribution in [0, 0.1) is 29.1 Å². The van der Waals surface area contributed by atoms with Gasteiger partial charge in [-0.2, -0.15) is 0 Å². The molecule has 13 nitrogen and oxygen atoms in total. The van der Waals surface area contributed by atoms with Crippen molar-refractivity contribution in [3.8, 4) is 0 Å². The molecule has 2 heterocycles. The smallest absolute Gasteiger partial charge is 0.289 e. The number of rotatable bonds is 15. The number of nitrogens with zero attached hydrogens (tertiary/aromatic N) is 3. The van der Waals surface area contributed by atoms with Crippen LogP contribution in [0.25, 0.3) is 0 Å². The first kappa shape index (κ1) is 38.9. The van der Waals surface area contributed by atoms with E-state index in [0.29, 0.717) is 32.4 Å². The normalized spacial score (nSPS) is 21.5. The summed E-state index contributed by atoms with van der Waals surface area (Å²) < 4.78 is 0. The number of Topliss-reactive ketones (excluding diaryl/α,β-unsaturated/α-hetero) is 1. The Hall–Kier alpha value is -3.90. The van der Waals surface area contributed by atoms with E-state index in [1.807, 2.05) is 41.5 Å². The first-order valence-corrected chi connectivity index (χ1v) is 18.5. The number of ketones is 1. The number of amides is 5. The zero-order valence-corrected chi connectivity index (χ0v) is 30.6. The van der Waals surface area contributed by atoms with E-state index in [9.17, 15) is 28.8 Å². The van der Waals surface area contributed by atoms with E-state index in [2.05, 4.69) is 31.2 Å². The van der Waals surface area contributed by atoms with Crippen LogP contribution in [-0.2, 0) is 24.0 Å². The highest BCUT2D eigenvalue weighted by molar-refractivity contribution is 6.38. The summed E-state index contributed by atoms with van der Waals surface area (Å²) in [5.74, 6) is -3.24. The molecular formula is C37H57N7O6. The predicted molar refractivity (Wildman–Crippen MR) is 187 cm³/mol. The highest BCUT2D eigenvalue weighted by Gasteiger charge is 2.48. The zero-order valence-electron chi connectivity index (χ0n) is 30.6. The molecule has 1 unspecified atom stereocenters. The second-order valence-electron chi connectivity index (χ2n) is 15.8. The number of hydrogen-bond acceptors (Lipinski definition) is 8. The van der Waals surface area contributed by atoms with Crippen LogP contribution < -0.4 is 21.3 Å². The SMILES string of the molecule is CCCNC(=O)C(=O)C(CC1CC1)NC(=O)[C@@H]1[C@@H](C(C)C)CCN1C(=O)[C@@H](NC(=O)[C@@H](NC(=O)c1cnccn1)C1CCCCC1)C(C)(C)C. The van der Waals surface area contributed by atoms with E-state index in [0.717, 1.165) is 44.9 Å². The second-order valence-corrected chi connectivity index (χ2v) is 15.8. The molecule has 0 radical (unpaired) electrons. The van der Waals surface area contributed by atoms with Gasteiger partial charge in [0.05, 0.1) is 12.2 Å². The molecule has 276 valence electrons. The van der Waals surface area contributed by atoms with E-state index in [4.69, 9.17) is 0 Å². The lowest BCUT2D eigenvalue weighted by Gasteiger charge is -2.38. The van der Waals surface area contributed by atoms with Crippen molar-refractivity contribution in [2.24, 2.45) is 29.1 Å². The summed E-state index contributed by atoms with van der Waals surface area (Å²) in [5, 5.41) is 11.4. The molecule has 1 aromatic heterocycles. The summed E-state index contributed by atoms with van der Waals surface area (Å²) in [4.78, 5) is 91.6. The molecule has 3 aliphatic rings. The van der Waals surface area contributed by atoms with Crippen LogP contribution in [-0.4, -0.2) is 87.4 Å². The molecule has 2 aliphatic carbocycles. The van der Waals surface area contributed by atoms with Crippen LogP contribution >= 0.6 is 0 Å². The Kier molecular flexibility index (Phi) is 13.5. The van der Waals surface area contributed by atoms with Crippen molar-refractivity contribution in [2.75, 3.05) is 13.1 Å². The van der Waals surface area contributed by atoms with Gasteiger partial charge in [-0.3, -0.25) is 33.8 Å². The van der Waals surface area contributed by atoms with Crippen molar-refractivity contribution in [3.05, 3.63) is 24.3 Å². The number of nitrogens with one attached hydrogen (secondary N) is 4. The van der Waals surface area contributed by atoms with Gasteiger partial charge in [0.15, 0.2) is 0 Å². The van der Waals surface area contributed by atoms with Gasteiger partial charge < -0.3 is 26.2 Å². The van der Waals surface area contributed by atoms with Gasteiger partial charge in [0, 0.05) is 25.5 Å². The molecule has 0 spiro atoms. The zero-order chi connectivity index (χ0) is 36.6. The molecule has 1 aromatic rings. The number of aromatic nitrogens is 2. The van der Waals surface area contributed by atoms with E-state index in [1.54, 1.807) is 4.90 Å². The van der Waals surface area contributed by atoms with Crippen molar-refractivity contribution in [1.82, 2.24) is 36.1 Å². The minimum Gasteiger partial charge on any atom is -0.349 e. The van der Waals surface area contributed by atoms with Gasteiger partial charge in [-0.25, -0.2) is 4.98 Å². The molecule has 0 aromatic carbocycles. The molecule has 0 bridgehead atoms. The number of hydrogen-bond donors (Lipinski definition) is 4. The quantitative estimate of drug-likeness (QED) is 0.202. The average molecular weight is 696 g/mol. The van der Waals surface area contributed by atoms with Gasteiger partial charge in [-0.15, -0.1) is 0 Å². The van der Waals surface area contributed by atoms with Crippen molar-refractivity contribution in [3.63, 3.8) is 0 Å². The fourth-order valence-corrected chi connectivity index (χ4v) is 7.30. The molecule has 1 saturated heterocycles. The first-order chi connectivity index (χ1) is 23.7. The summed E-state index contributed by atoms with van der Waals surface area (Å²) in [6.45, 7) is 12.1. The van der Waals surface area contributed by atoms with Gasteiger partial charge in [-0.1, -0.05) is 73.6 Å². The Morgan fingerprint density at radius 3 is 2.20 bits per heavy atom. The molecule has 4 N–H and O–H groups in total. The van der Waals surface area contributed by atoms with Crippen LogP contribution in [0.3, 0.4) is 0 Å². The first-order valence-electron chi connectivity index (χ1n) is 18.5. The third-order valence-corrected chi connectivity index (χ3v) is 10.4. The lowest BCUT2D eigenvalue weighted by Crippen LogP contribution is -2.62. The van der Waals surface area contributed by atoms with Gasteiger partial charge >= 0.3 is 0 Å². The van der Waals surface area contributed by atoms with Gasteiger partial charge in [0.25, 0.3) is 11.8 Å². The van der Waals surface area contributed by atoms with Gasteiger partial charge in [-0.05, 0) is 61.2 Å². The van der Waals surface area contributed by atoms with Crippen molar-refractivity contribution in [1.29, 1.82) is 0 Å². The lowest BCUT2D eigenvalue weighted by atomic mass is 9.82. The molecule has 5 atom stereocenters. The van der Waals surface area contributed by atoms with E-state index in [1.165, 1.54) is 18.6 Å². The maximum atomic E-state index is 14.6. The Balaban J connectivity index is 1.57. The predicted octanol–water partition coefficient (Wildman–Crippen LogP) is 2.94. The number of carbonyl (C=O) groups excluding carboxylic acids is 6. The van der Waals surface area contributed by atoms with Crippen LogP contribution in [0.5, 0.6) is 0 Å². The van der Waals surface area contributed by atoms with Crippen LogP contribution in [0.2, 0.25) is 0 Å². The standard InChI is InChI=1S/C37H57N7O6/c1-7-16-40-35(49)30(45)26(20-23-13-14-23)41-34(48)29-25(22(2)3)15-19-44(29)36(50)31(37(4,5)6)43-33(47)28(24-11-9-8-10-12-24)42-32(46)27-21-38-17-18-39-27/h17-18,21-26,28-29,31H,7-16,19-20H2,1-6H3,(H,40,49)(H,41,48)(H,42,46)(H,43,47)/t25-,26?,28+,29+,31-/m1/s1. The summed E-state index contributed by atoms with van der Waals surface area (Å²) in [7, 11) is 0. The average Bonchev–Trinajstić information content (AvgIpc) is 3.80. The molecule has 4 rings (SSSR count). The Morgan fingerprint density at radius 2 is 1.62 bits per heavy atom. The number of carbonyl (C=O) groups is 6. The molecule has 5 amide bonds. The highest BCUT2D eigenvalue weighted by Crippen LogP contribution is 2.36. The third kappa shape index (κ3) is 10.1. The van der Waals surface area contributed by atoms with E-state index >= 15 is 0 Å². The van der Waals surface area contributed by atoms with Crippen LogP contribution in [0.15, 0.2) is 18.6 Å². The Morgan fingerprint density at radius 1 is 0.920 bits per heavy atom. The summed E-state index contributed by atoms with van der Waals surface area (Å²) in [6, 6.07) is -3.77. The van der Waals surface area contributed by atoms with E-state index in [-0.39, 0.29) is 29.4 Å². The molecule has 1 aliphatic heterocycles. The van der Waals surface area contributed by atoms with Crippen LogP contribution in [0.1, 0.15) is 116 Å². The largest absolute Gasteiger partial charge is 0.349 e. The molecule has 2 saturated carbocycles. The van der Waals surface area contributed by atoms with Gasteiger partial charge in [0.2, 0.25) is 23.5 Å². The Labute approximate surface area is 296 Å². The summed E-state index contributed by atoms with van der Waals surface area (Å²) in [5.41, 5.74) is -0.658. The maximum Gasteiger partial charge on any atom is 0.289 e. The third-order valence-electron chi connectivity index (χ3n) is 10.4. The van der Waals surface area contributed by atoms with Crippen molar-refractivity contribution < 1.29 is 28.8 Å². The van der Waals surface area contributed by atoms with Gasteiger partial charge in [0.1, 0.15) is 23.8 Å². The molecule has 3 fully saturated rings. The molecule has 13 heteroatoms. The molecule has 50 heavy (non-hydrogen) atoms. The van der Waals surface area contributed by atoms with Crippen molar-refractivity contribution in [2.45, 2.75) is 130 Å². The van der Waals surface area contributed by atoms with E-state index < -0.39 is 64.9 Å². The van der Waals surface area contributed by atoms with Crippen molar-refractivity contribution >= 4 is 35.3 Å². The topological polar surface area (TPSA) is 180 Å². The summed E-state index contributed by atoms with van der Waals surface area (Å²) >= 11 is 0. The monoisotopic (exact) mass is 695 g/mol. The number of likely N-dealkylation sites (tertiary alicyclic amines) is 1. The minimum absolute atomic E-state index is 0.0450. The molecular weight excluding hydrogens is 638 g/mol. The van der Waals surface area contributed by atoms with Crippen LogP contribution in [0.4, 0.5) is 0 Å². The fourth-order valence-electron chi connectivity index (χ4n) is 7.30. The highest BCUT2D eigenvalue weighted by atomic mass is 16.2. The minimum atomic E-state index is -1.01. The fraction of sp³-hybridized carbons (Fsp3) is 0.730.